The Morgan fingerprint density at radius 2 is 1.94 bits per heavy atom. The van der Waals surface area contributed by atoms with Crippen molar-refractivity contribution in [3.63, 3.8) is 0 Å². The fraction of sp³-hybridized carbons (Fsp3) is 0.500. The molecule has 92 valence electrons. The summed E-state index contributed by atoms with van der Waals surface area (Å²) >= 11 is 0. The summed E-state index contributed by atoms with van der Waals surface area (Å²) in [5.41, 5.74) is 0.609. The molecule has 0 aromatic heterocycles. The van der Waals surface area contributed by atoms with Gasteiger partial charge in [-0.25, -0.2) is 0 Å². The molecule has 0 saturated heterocycles. The highest BCUT2D eigenvalue weighted by molar-refractivity contribution is 5.76. The van der Waals surface area contributed by atoms with Gasteiger partial charge in [0.2, 0.25) is 0 Å². The van der Waals surface area contributed by atoms with Crippen LogP contribution in [0.5, 0.6) is 11.5 Å². The number of carbonyl (C=O) groups is 1. The summed E-state index contributed by atoms with van der Waals surface area (Å²) in [7, 11) is 1.59. The van der Waals surface area contributed by atoms with E-state index < -0.39 is 0 Å². The Morgan fingerprint density at radius 3 is 2.59 bits per heavy atom. The third-order valence-corrected chi connectivity index (χ3v) is 3.17. The van der Waals surface area contributed by atoms with E-state index in [-0.39, 0.29) is 0 Å². The molecule has 1 aromatic rings. The quantitative estimate of drug-likeness (QED) is 0.750. The van der Waals surface area contributed by atoms with Gasteiger partial charge in [-0.1, -0.05) is 6.42 Å². The maximum absolute atomic E-state index is 10.7. The van der Waals surface area contributed by atoms with Crippen LogP contribution in [-0.4, -0.2) is 19.5 Å². The lowest BCUT2D eigenvalue weighted by atomic mass is 9.98. The Hall–Kier alpha value is -1.51. The summed E-state index contributed by atoms with van der Waals surface area (Å²) in [6.07, 6.45) is 7.10. The molecular weight excluding hydrogens is 216 g/mol. The molecule has 0 amide bonds. The number of rotatable bonds is 4. The van der Waals surface area contributed by atoms with Crippen LogP contribution in [0, 0.1) is 0 Å². The van der Waals surface area contributed by atoms with Gasteiger partial charge in [0.05, 0.1) is 13.2 Å². The summed E-state index contributed by atoms with van der Waals surface area (Å²) in [5, 5.41) is 0. The second-order valence-corrected chi connectivity index (χ2v) is 4.41. The first-order valence-corrected chi connectivity index (χ1v) is 6.13. The number of ether oxygens (including phenoxy) is 2. The van der Waals surface area contributed by atoms with Gasteiger partial charge in [-0.2, -0.15) is 0 Å². The van der Waals surface area contributed by atoms with Crippen molar-refractivity contribution >= 4 is 6.29 Å². The molecule has 0 bridgehead atoms. The Kier molecular flexibility index (Phi) is 4.02. The largest absolute Gasteiger partial charge is 0.493 e. The summed E-state index contributed by atoms with van der Waals surface area (Å²) in [6.45, 7) is 0. The monoisotopic (exact) mass is 234 g/mol. The van der Waals surface area contributed by atoms with Gasteiger partial charge in [-0.3, -0.25) is 4.79 Å². The first-order chi connectivity index (χ1) is 8.33. The van der Waals surface area contributed by atoms with Crippen molar-refractivity contribution in [2.24, 2.45) is 0 Å². The van der Waals surface area contributed by atoms with Gasteiger partial charge in [-0.05, 0) is 43.9 Å². The van der Waals surface area contributed by atoms with E-state index in [1.165, 1.54) is 19.3 Å². The molecule has 1 aliphatic carbocycles. The molecule has 1 saturated carbocycles. The minimum absolute atomic E-state index is 0.291. The lowest BCUT2D eigenvalue weighted by molar-refractivity contribution is 0.112. The first kappa shape index (κ1) is 12.0. The predicted octanol–water partition coefficient (Wildman–Crippen LogP) is 3.22. The Labute approximate surface area is 102 Å². The SMILES string of the molecule is COc1cc(C=O)ccc1OC1CCCCC1. The molecule has 1 fully saturated rings. The minimum Gasteiger partial charge on any atom is -0.493 e. The van der Waals surface area contributed by atoms with Gasteiger partial charge in [0.15, 0.2) is 11.5 Å². The van der Waals surface area contributed by atoms with Gasteiger partial charge in [0.25, 0.3) is 0 Å². The average Bonchev–Trinajstić information content (AvgIpc) is 2.40. The third kappa shape index (κ3) is 2.99. The van der Waals surface area contributed by atoms with Crippen molar-refractivity contribution in [3.05, 3.63) is 23.8 Å². The molecule has 2 rings (SSSR count). The zero-order chi connectivity index (χ0) is 12.1. The molecule has 0 N–H and O–H groups in total. The van der Waals surface area contributed by atoms with E-state index in [1.807, 2.05) is 6.07 Å². The van der Waals surface area contributed by atoms with Crippen molar-refractivity contribution in [2.45, 2.75) is 38.2 Å². The highest BCUT2D eigenvalue weighted by Gasteiger charge is 2.16. The predicted molar refractivity (Wildman–Crippen MR) is 65.9 cm³/mol. The molecule has 3 heteroatoms. The standard InChI is InChI=1S/C14H18O3/c1-16-14-9-11(10-15)7-8-13(14)17-12-5-3-2-4-6-12/h7-10,12H,2-6H2,1H3. The van der Waals surface area contributed by atoms with Gasteiger partial charge in [0.1, 0.15) is 6.29 Å². The topological polar surface area (TPSA) is 35.5 Å². The van der Waals surface area contributed by atoms with E-state index in [2.05, 4.69) is 0 Å². The minimum atomic E-state index is 0.291. The Balaban J connectivity index is 2.10. The van der Waals surface area contributed by atoms with E-state index >= 15 is 0 Å². The normalized spacial score (nSPS) is 16.5. The molecule has 0 radical (unpaired) electrons. The zero-order valence-corrected chi connectivity index (χ0v) is 10.1. The van der Waals surface area contributed by atoms with E-state index in [0.717, 1.165) is 24.9 Å². The summed E-state index contributed by atoms with van der Waals surface area (Å²) in [4.78, 5) is 10.7. The molecule has 3 nitrogen and oxygen atoms in total. The van der Waals surface area contributed by atoms with E-state index in [9.17, 15) is 4.79 Å². The fourth-order valence-electron chi connectivity index (χ4n) is 2.22. The van der Waals surface area contributed by atoms with E-state index in [4.69, 9.17) is 9.47 Å². The molecule has 0 unspecified atom stereocenters. The Morgan fingerprint density at radius 1 is 1.18 bits per heavy atom. The van der Waals surface area contributed by atoms with Crippen LogP contribution in [0.25, 0.3) is 0 Å². The number of methoxy groups -OCH3 is 1. The molecule has 0 heterocycles. The summed E-state index contributed by atoms with van der Waals surface area (Å²) < 4.78 is 11.2. The zero-order valence-electron chi connectivity index (χ0n) is 10.1. The first-order valence-electron chi connectivity index (χ1n) is 6.13. The van der Waals surface area contributed by atoms with Crippen molar-refractivity contribution in [1.29, 1.82) is 0 Å². The molecule has 0 atom stereocenters. The van der Waals surface area contributed by atoms with Crippen LogP contribution in [-0.2, 0) is 0 Å². The molecule has 1 aliphatic rings. The van der Waals surface area contributed by atoms with Crippen molar-refractivity contribution < 1.29 is 14.3 Å². The van der Waals surface area contributed by atoms with Crippen LogP contribution in [0.1, 0.15) is 42.5 Å². The van der Waals surface area contributed by atoms with Crippen molar-refractivity contribution in [3.8, 4) is 11.5 Å². The smallest absolute Gasteiger partial charge is 0.161 e. The average molecular weight is 234 g/mol. The van der Waals surface area contributed by atoms with Crippen LogP contribution in [0.4, 0.5) is 0 Å². The lowest BCUT2D eigenvalue weighted by Crippen LogP contribution is -2.19. The maximum Gasteiger partial charge on any atom is 0.161 e. The van der Waals surface area contributed by atoms with Gasteiger partial charge in [-0.15, -0.1) is 0 Å². The molecular formula is C14H18O3. The fourth-order valence-corrected chi connectivity index (χ4v) is 2.22. The van der Waals surface area contributed by atoms with Gasteiger partial charge in [0, 0.05) is 5.56 Å². The number of aldehydes is 1. The van der Waals surface area contributed by atoms with Gasteiger partial charge >= 0.3 is 0 Å². The van der Waals surface area contributed by atoms with Gasteiger partial charge < -0.3 is 9.47 Å². The Bertz CT molecular complexity index is 381. The molecule has 17 heavy (non-hydrogen) atoms. The van der Waals surface area contributed by atoms with Crippen LogP contribution in [0.3, 0.4) is 0 Å². The van der Waals surface area contributed by atoms with Crippen LogP contribution in [0.15, 0.2) is 18.2 Å². The van der Waals surface area contributed by atoms with Crippen LogP contribution in [0.2, 0.25) is 0 Å². The van der Waals surface area contributed by atoms with Crippen LogP contribution < -0.4 is 9.47 Å². The maximum atomic E-state index is 10.7. The molecule has 0 spiro atoms. The second kappa shape index (κ2) is 5.71. The highest BCUT2D eigenvalue weighted by atomic mass is 16.5. The number of hydrogen-bond acceptors (Lipinski definition) is 3. The molecule has 0 aliphatic heterocycles. The highest BCUT2D eigenvalue weighted by Crippen LogP contribution is 2.31. The number of hydrogen-bond donors (Lipinski definition) is 0. The number of carbonyl (C=O) groups excluding carboxylic acids is 1. The number of benzene rings is 1. The van der Waals surface area contributed by atoms with E-state index in [0.29, 0.717) is 17.4 Å². The summed E-state index contributed by atoms with van der Waals surface area (Å²) in [6, 6.07) is 5.29. The van der Waals surface area contributed by atoms with Crippen molar-refractivity contribution in [2.75, 3.05) is 7.11 Å². The van der Waals surface area contributed by atoms with E-state index in [1.54, 1.807) is 19.2 Å². The lowest BCUT2D eigenvalue weighted by Gasteiger charge is -2.24. The van der Waals surface area contributed by atoms with Crippen LogP contribution >= 0.6 is 0 Å². The molecule has 1 aromatic carbocycles. The third-order valence-electron chi connectivity index (χ3n) is 3.17. The van der Waals surface area contributed by atoms with Crippen molar-refractivity contribution in [1.82, 2.24) is 0 Å². The summed E-state index contributed by atoms with van der Waals surface area (Å²) in [5.74, 6) is 1.38. The second-order valence-electron chi connectivity index (χ2n) is 4.41.